The van der Waals surface area contributed by atoms with Gasteiger partial charge in [0.25, 0.3) is 0 Å². The number of hydrogen-bond donors (Lipinski definition) is 0. The summed E-state index contributed by atoms with van der Waals surface area (Å²) in [6.45, 7) is 4.16. The van der Waals surface area contributed by atoms with Gasteiger partial charge in [0.2, 0.25) is 0 Å². The van der Waals surface area contributed by atoms with Crippen molar-refractivity contribution in [3.8, 4) is 0 Å². The van der Waals surface area contributed by atoms with Gasteiger partial charge in [-0.1, -0.05) is 24.3 Å². The number of rotatable bonds is 4. The van der Waals surface area contributed by atoms with Gasteiger partial charge in [-0.15, -0.1) is 0 Å². The summed E-state index contributed by atoms with van der Waals surface area (Å²) in [7, 11) is -3.09. The molecule has 0 N–H and O–H groups in total. The molecule has 2 aromatic rings. The maximum absolute atomic E-state index is 12.6. The lowest BCUT2D eigenvalue weighted by Gasteiger charge is -2.28. The van der Waals surface area contributed by atoms with Crippen LogP contribution in [0.4, 0.5) is 0 Å². The molecular weight excluding hydrogens is 348 g/mol. The number of carbonyl (C=O) groups is 1. The van der Waals surface area contributed by atoms with Crippen LogP contribution in [0.1, 0.15) is 57.1 Å². The van der Waals surface area contributed by atoms with E-state index in [1.54, 1.807) is 24.3 Å². The molecule has 26 heavy (non-hydrogen) atoms. The fourth-order valence-electron chi connectivity index (χ4n) is 3.63. The molecule has 1 atom stereocenters. The Kier molecular flexibility index (Phi) is 5.19. The van der Waals surface area contributed by atoms with Gasteiger partial charge in [-0.2, -0.15) is 0 Å². The summed E-state index contributed by atoms with van der Waals surface area (Å²) >= 11 is 0. The van der Waals surface area contributed by atoms with Crippen molar-refractivity contribution in [2.75, 3.05) is 6.26 Å². The number of sulfone groups is 1. The maximum atomic E-state index is 12.6. The Balaban J connectivity index is 1.79. The third-order valence-electron chi connectivity index (χ3n) is 4.89. The predicted octanol–water partition coefficient (Wildman–Crippen LogP) is 4.08. The van der Waals surface area contributed by atoms with Gasteiger partial charge < -0.3 is 4.74 Å². The molecule has 0 aromatic heterocycles. The molecule has 1 aliphatic carbocycles. The van der Waals surface area contributed by atoms with Crippen LogP contribution in [-0.4, -0.2) is 20.6 Å². The van der Waals surface area contributed by atoms with Gasteiger partial charge in [0, 0.05) is 6.26 Å². The first kappa shape index (κ1) is 18.6. The average Bonchev–Trinajstić information content (AvgIpc) is 2.57. The summed E-state index contributed by atoms with van der Waals surface area (Å²) in [4.78, 5) is 12.6. The Morgan fingerprint density at radius 1 is 1.08 bits per heavy atom. The van der Waals surface area contributed by atoms with Crippen molar-refractivity contribution in [1.29, 1.82) is 0 Å². The molecule has 0 radical (unpaired) electrons. The molecule has 5 heteroatoms. The molecule has 1 aliphatic rings. The summed E-state index contributed by atoms with van der Waals surface area (Å²) < 4.78 is 28.6. The van der Waals surface area contributed by atoms with Crippen LogP contribution in [0.15, 0.2) is 36.4 Å². The van der Waals surface area contributed by atoms with Crippen LogP contribution >= 0.6 is 0 Å². The van der Waals surface area contributed by atoms with E-state index in [0.29, 0.717) is 11.1 Å². The molecular formula is C21H24O4S. The first-order valence-corrected chi connectivity index (χ1v) is 10.9. The molecule has 0 heterocycles. The van der Waals surface area contributed by atoms with Crippen molar-refractivity contribution in [3.05, 3.63) is 69.8 Å². The number of hydrogen-bond acceptors (Lipinski definition) is 4. The van der Waals surface area contributed by atoms with Crippen LogP contribution in [0, 0.1) is 13.8 Å². The highest BCUT2D eigenvalue weighted by Crippen LogP contribution is 2.37. The summed E-state index contributed by atoms with van der Waals surface area (Å²) in [5.41, 5.74) is 5.97. The smallest absolute Gasteiger partial charge is 0.338 e. The Bertz CT molecular complexity index is 927. The van der Waals surface area contributed by atoms with E-state index in [9.17, 15) is 13.2 Å². The van der Waals surface area contributed by atoms with Gasteiger partial charge in [-0.3, -0.25) is 0 Å². The second-order valence-corrected chi connectivity index (χ2v) is 9.28. The monoisotopic (exact) mass is 372 g/mol. The molecule has 0 aliphatic heterocycles. The molecule has 1 unspecified atom stereocenters. The van der Waals surface area contributed by atoms with Gasteiger partial charge in [-0.25, -0.2) is 13.2 Å². The Labute approximate surface area is 155 Å². The van der Waals surface area contributed by atoms with Gasteiger partial charge in [0.15, 0.2) is 9.84 Å². The second-order valence-electron chi connectivity index (χ2n) is 7.14. The van der Waals surface area contributed by atoms with E-state index in [1.165, 1.54) is 17.4 Å². The molecule has 0 saturated heterocycles. The zero-order valence-corrected chi connectivity index (χ0v) is 16.2. The van der Waals surface area contributed by atoms with E-state index in [-0.39, 0.29) is 17.8 Å². The van der Waals surface area contributed by atoms with Gasteiger partial charge in [0.05, 0.1) is 11.3 Å². The molecule has 0 saturated carbocycles. The summed E-state index contributed by atoms with van der Waals surface area (Å²) in [6.07, 6.45) is 3.83. The highest BCUT2D eigenvalue weighted by Gasteiger charge is 2.26. The fourth-order valence-corrected chi connectivity index (χ4v) is 4.43. The minimum atomic E-state index is -3.09. The Morgan fingerprint density at radius 2 is 1.73 bits per heavy atom. The summed E-state index contributed by atoms with van der Waals surface area (Å²) in [5, 5.41) is 0. The number of fused-ring (bicyclic) bond motifs is 1. The van der Waals surface area contributed by atoms with Crippen LogP contribution in [-0.2, 0) is 26.7 Å². The highest BCUT2D eigenvalue weighted by atomic mass is 32.2. The minimum absolute atomic E-state index is 0.0310. The molecule has 3 rings (SSSR count). The van der Waals surface area contributed by atoms with Crippen LogP contribution < -0.4 is 0 Å². The van der Waals surface area contributed by atoms with Crippen molar-refractivity contribution >= 4 is 15.8 Å². The van der Waals surface area contributed by atoms with Crippen molar-refractivity contribution in [3.63, 3.8) is 0 Å². The molecule has 0 spiro atoms. The zero-order valence-electron chi connectivity index (χ0n) is 15.4. The number of esters is 1. The molecule has 0 amide bonds. The fraction of sp³-hybridized carbons (Fsp3) is 0.381. The van der Waals surface area contributed by atoms with Gasteiger partial charge >= 0.3 is 5.97 Å². The van der Waals surface area contributed by atoms with Crippen molar-refractivity contribution in [1.82, 2.24) is 0 Å². The summed E-state index contributed by atoms with van der Waals surface area (Å²) in [5.74, 6) is -0.397. The first-order chi connectivity index (χ1) is 12.2. The lowest BCUT2D eigenvalue weighted by molar-refractivity contribution is 0.0254. The van der Waals surface area contributed by atoms with Crippen LogP contribution in [0.3, 0.4) is 0 Å². The third kappa shape index (κ3) is 4.15. The van der Waals surface area contributed by atoms with Crippen molar-refractivity contribution in [2.24, 2.45) is 0 Å². The SMILES string of the molecule is Cc1ccc(C)c2c1CCCC2OC(=O)c1ccc(CS(C)(=O)=O)cc1. The number of aryl methyl sites for hydroxylation is 2. The number of carbonyl (C=O) groups excluding carboxylic acids is 1. The first-order valence-electron chi connectivity index (χ1n) is 8.81. The topological polar surface area (TPSA) is 60.4 Å². The Hall–Kier alpha value is -2.14. The van der Waals surface area contributed by atoms with Crippen LogP contribution in [0.2, 0.25) is 0 Å². The van der Waals surface area contributed by atoms with E-state index < -0.39 is 9.84 Å². The maximum Gasteiger partial charge on any atom is 0.338 e. The molecule has 0 fully saturated rings. The molecule has 0 bridgehead atoms. The van der Waals surface area contributed by atoms with Gasteiger partial charge in [0.1, 0.15) is 6.10 Å². The predicted molar refractivity (Wildman–Crippen MR) is 102 cm³/mol. The highest BCUT2D eigenvalue weighted by molar-refractivity contribution is 7.89. The lowest BCUT2D eigenvalue weighted by atomic mass is 9.84. The number of ether oxygens (including phenoxy) is 1. The van der Waals surface area contributed by atoms with Crippen molar-refractivity contribution in [2.45, 2.75) is 45.0 Å². The second kappa shape index (κ2) is 7.23. The Morgan fingerprint density at radius 3 is 2.38 bits per heavy atom. The summed E-state index contributed by atoms with van der Waals surface area (Å²) in [6, 6.07) is 10.8. The van der Waals surface area contributed by atoms with E-state index in [2.05, 4.69) is 26.0 Å². The normalized spacial score (nSPS) is 16.8. The van der Waals surface area contributed by atoms with Crippen molar-refractivity contribution < 1.29 is 17.9 Å². The lowest BCUT2D eigenvalue weighted by Crippen LogP contribution is -2.19. The van der Waals surface area contributed by atoms with E-state index in [0.717, 1.165) is 30.4 Å². The molecule has 2 aromatic carbocycles. The van der Waals surface area contributed by atoms with E-state index >= 15 is 0 Å². The molecule has 138 valence electrons. The quantitative estimate of drug-likeness (QED) is 0.759. The third-order valence-corrected chi connectivity index (χ3v) is 5.75. The largest absolute Gasteiger partial charge is 0.454 e. The van der Waals surface area contributed by atoms with Gasteiger partial charge in [-0.05, 0) is 73.1 Å². The van der Waals surface area contributed by atoms with Crippen LogP contribution in [0.5, 0.6) is 0 Å². The van der Waals surface area contributed by atoms with E-state index in [4.69, 9.17) is 4.74 Å². The number of benzene rings is 2. The molecule has 4 nitrogen and oxygen atoms in total. The average molecular weight is 372 g/mol. The van der Waals surface area contributed by atoms with Crippen LogP contribution in [0.25, 0.3) is 0 Å². The minimum Gasteiger partial charge on any atom is -0.454 e. The zero-order chi connectivity index (χ0) is 18.9. The van der Waals surface area contributed by atoms with E-state index in [1.807, 2.05) is 0 Å². The standard InChI is InChI=1S/C21H24O4S/c1-14-7-8-15(2)20-18(14)5-4-6-19(20)25-21(22)17-11-9-16(10-12-17)13-26(3,23)24/h7-12,19H,4-6,13H2,1-3H3.